The van der Waals surface area contributed by atoms with Gasteiger partial charge < -0.3 is 5.11 Å². The Kier molecular flexibility index (Phi) is 3.54. The molecule has 4 heteroatoms. The normalized spacial score (nSPS) is 10.4. The molecule has 0 fully saturated rings. The summed E-state index contributed by atoms with van der Waals surface area (Å²) in [6, 6.07) is 8.09. The van der Waals surface area contributed by atoms with Crippen LogP contribution >= 0.6 is 11.8 Å². The number of thioether (sulfide) groups is 1. The lowest BCUT2D eigenvalue weighted by atomic mass is 10.2. The Balaban J connectivity index is 2.28. The minimum Gasteiger partial charge on any atom is -0.392 e. The average molecular weight is 232 g/mol. The summed E-state index contributed by atoms with van der Waals surface area (Å²) in [5.41, 5.74) is 1.71. The smallest absolute Gasteiger partial charge is 0.159 e. The Morgan fingerprint density at radius 3 is 2.25 bits per heavy atom. The standard InChI is InChI=1S/C12H12N2OS/c1-16-11-4-2-10(3-5-11)12-13-6-9(8-15)7-14-12/h2-7,15H,8H2,1H3. The summed E-state index contributed by atoms with van der Waals surface area (Å²) < 4.78 is 0. The monoisotopic (exact) mass is 232 g/mol. The fourth-order valence-corrected chi connectivity index (χ4v) is 1.73. The summed E-state index contributed by atoms with van der Waals surface area (Å²) >= 11 is 1.70. The largest absolute Gasteiger partial charge is 0.392 e. The lowest BCUT2D eigenvalue weighted by Gasteiger charge is -2.02. The molecule has 0 aliphatic rings. The molecular weight excluding hydrogens is 220 g/mol. The minimum absolute atomic E-state index is 0.0221. The van der Waals surface area contributed by atoms with Crippen molar-refractivity contribution in [2.24, 2.45) is 0 Å². The lowest BCUT2D eigenvalue weighted by molar-refractivity contribution is 0.281. The second-order valence-electron chi connectivity index (χ2n) is 3.30. The lowest BCUT2D eigenvalue weighted by Crippen LogP contribution is -1.92. The van der Waals surface area contributed by atoms with Crippen LogP contribution in [-0.2, 0) is 6.61 Å². The van der Waals surface area contributed by atoms with Gasteiger partial charge in [-0.3, -0.25) is 0 Å². The molecule has 0 aliphatic heterocycles. The van der Waals surface area contributed by atoms with Crippen LogP contribution in [0.5, 0.6) is 0 Å². The number of aliphatic hydroxyl groups excluding tert-OH is 1. The number of aliphatic hydroxyl groups is 1. The van der Waals surface area contributed by atoms with Gasteiger partial charge in [0.15, 0.2) is 5.82 Å². The van der Waals surface area contributed by atoms with Crippen molar-refractivity contribution in [2.75, 3.05) is 6.26 Å². The molecule has 0 bridgehead atoms. The van der Waals surface area contributed by atoms with E-state index in [1.54, 1.807) is 24.2 Å². The zero-order valence-corrected chi connectivity index (χ0v) is 9.74. The van der Waals surface area contributed by atoms with E-state index in [2.05, 4.69) is 9.97 Å². The Bertz CT molecular complexity index is 408. The molecule has 16 heavy (non-hydrogen) atoms. The van der Waals surface area contributed by atoms with Crippen LogP contribution in [0.3, 0.4) is 0 Å². The summed E-state index contributed by atoms with van der Waals surface area (Å²) in [6.07, 6.45) is 5.33. The highest BCUT2D eigenvalue weighted by molar-refractivity contribution is 7.98. The number of nitrogens with zero attached hydrogens (tertiary/aromatic N) is 2. The van der Waals surface area contributed by atoms with Crippen molar-refractivity contribution in [1.82, 2.24) is 9.97 Å². The summed E-state index contributed by atoms with van der Waals surface area (Å²) in [5, 5.41) is 8.88. The van der Waals surface area contributed by atoms with Crippen molar-refractivity contribution < 1.29 is 5.11 Å². The SMILES string of the molecule is CSc1ccc(-c2ncc(CO)cn2)cc1. The highest BCUT2D eigenvalue weighted by Gasteiger charge is 2.01. The van der Waals surface area contributed by atoms with Gasteiger partial charge in [-0.1, -0.05) is 12.1 Å². The molecule has 1 aromatic carbocycles. The summed E-state index contributed by atoms with van der Waals surface area (Å²) in [5.74, 6) is 0.685. The molecule has 0 spiro atoms. The zero-order valence-electron chi connectivity index (χ0n) is 8.92. The van der Waals surface area contributed by atoms with Crippen LogP contribution in [0.25, 0.3) is 11.4 Å². The summed E-state index contributed by atoms with van der Waals surface area (Å²) in [7, 11) is 0. The van der Waals surface area contributed by atoms with E-state index in [1.807, 2.05) is 30.5 Å². The first-order chi connectivity index (χ1) is 7.83. The predicted molar refractivity (Wildman–Crippen MR) is 65.2 cm³/mol. The highest BCUT2D eigenvalue weighted by Crippen LogP contribution is 2.20. The highest BCUT2D eigenvalue weighted by atomic mass is 32.2. The number of rotatable bonds is 3. The van der Waals surface area contributed by atoms with Crippen molar-refractivity contribution in [2.45, 2.75) is 11.5 Å². The maximum Gasteiger partial charge on any atom is 0.159 e. The number of aromatic nitrogens is 2. The van der Waals surface area contributed by atoms with Gasteiger partial charge in [-0.2, -0.15) is 0 Å². The Morgan fingerprint density at radius 1 is 1.12 bits per heavy atom. The van der Waals surface area contributed by atoms with Crippen molar-refractivity contribution in [3.63, 3.8) is 0 Å². The first kappa shape index (κ1) is 11.1. The van der Waals surface area contributed by atoms with Crippen LogP contribution in [0.1, 0.15) is 5.56 Å². The van der Waals surface area contributed by atoms with Crippen LogP contribution in [0, 0.1) is 0 Å². The minimum atomic E-state index is -0.0221. The van der Waals surface area contributed by atoms with E-state index in [0.717, 1.165) is 11.1 Å². The quantitative estimate of drug-likeness (QED) is 0.825. The molecular formula is C12H12N2OS. The van der Waals surface area contributed by atoms with Crippen LogP contribution < -0.4 is 0 Å². The zero-order chi connectivity index (χ0) is 11.4. The molecule has 0 radical (unpaired) electrons. The third kappa shape index (κ3) is 2.40. The molecule has 0 saturated carbocycles. The Labute approximate surface area is 98.6 Å². The van der Waals surface area contributed by atoms with Gasteiger partial charge in [-0.05, 0) is 18.4 Å². The van der Waals surface area contributed by atoms with E-state index < -0.39 is 0 Å². The molecule has 82 valence electrons. The number of hydrogen-bond acceptors (Lipinski definition) is 4. The molecule has 1 heterocycles. The van der Waals surface area contributed by atoms with Crippen molar-refractivity contribution in [1.29, 1.82) is 0 Å². The second kappa shape index (κ2) is 5.09. The summed E-state index contributed by atoms with van der Waals surface area (Å²) in [6.45, 7) is -0.0221. The molecule has 0 saturated heterocycles. The van der Waals surface area contributed by atoms with Crippen LogP contribution in [-0.4, -0.2) is 21.3 Å². The molecule has 0 unspecified atom stereocenters. The van der Waals surface area contributed by atoms with E-state index in [1.165, 1.54) is 4.90 Å². The maximum absolute atomic E-state index is 8.88. The van der Waals surface area contributed by atoms with Crippen molar-refractivity contribution in [3.8, 4) is 11.4 Å². The molecule has 1 N–H and O–H groups in total. The van der Waals surface area contributed by atoms with Gasteiger partial charge in [0.05, 0.1) is 6.61 Å². The first-order valence-electron chi connectivity index (χ1n) is 4.89. The second-order valence-corrected chi connectivity index (χ2v) is 4.18. The van der Waals surface area contributed by atoms with Gasteiger partial charge in [-0.15, -0.1) is 11.8 Å². The molecule has 0 aliphatic carbocycles. The maximum atomic E-state index is 8.88. The summed E-state index contributed by atoms with van der Waals surface area (Å²) in [4.78, 5) is 9.61. The predicted octanol–water partition coefficient (Wildman–Crippen LogP) is 2.36. The fourth-order valence-electron chi connectivity index (χ4n) is 1.33. The van der Waals surface area contributed by atoms with Gasteiger partial charge in [0.25, 0.3) is 0 Å². The topological polar surface area (TPSA) is 46.0 Å². The Hall–Kier alpha value is -1.39. The van der Waals surface area contributed by atoms with Crippen molar-refractivity contribution in [3.05, 3.63) is 42.2 Å². The molecule has 0 amide bonds. The molecule has 1 aromatic heterocycles. The van der Waals surface area contributed by atoms with Gasteiger partial charge in [0, 0.05) is 28.4 Å². The first-order valence-corrected chi connectivity index (χ1v) is 6.12. The van der Waals surface area contributed by atoms with E-state index in [9.17, 15) is 0 Å². The van der Waals surface area contributed by atoms with Gasteiger partial charge in [-0.25, -0.2) is 9.97 Å². The molecule has 3 nitrogen and oxygen atoms in total. The van der Waals surface area contributed by atoms with E-state index in [4.69, 9.17) is 5.11 Å². The molecule has 2 rings (SSSR count). The average Bonchev–Trinajstić information content (AvgIpc) is 2.39. The van der Waals surface area contributed by atoms with E-state index in [-0.39, 0.29) is 6.61 Å². The third-order valence-corrected chi connectivity index (χ3v) is 2.98. The van der Waals surface area contributed by atoms with Crippen LogP contribution in [0.4, 0.5) is 0 Å². The number of benzene rings is 1. The van der Waals surface area contributed by atoms with Gasteiger partial charge in [0.2, 0.25) is 0 Å². The number of hydrogen-bond donors (Lipinski definition) is 1. The van der Waals surface area contributed by atoms with Crippen molar-refractivity contribution >= 4 is 11.8 Å². The van der Waals surface area contributed by atoms with Gasteiger partial charge in [0.1, 0.15) is 0 Å². The van der Waals surface area contributed by atoms with E-state index >= 15 is 0 Å². The Morgan fingerprint density at radius 2 is 1.75 bits per heavy atom. The van der Waals surface area contributed by atoms with Gasteiger partial charge >= 0.3 is 0 Å². The third-order valence-electron chi connectivity index (χ3n) is 2.24. The van der Waals surface area contributed by atoms with E-state index in [0.29, 0.717) is 5.82 Å². The van der Waals surface area contributed by atoms with Crippen LogP contribution in [0.15, 0.2) is 41.6 Å². The molecule has 0 atom stereocenters. The van der Waals surface area contributed by atoms with Crippen LogP contribution in [0.2, 0.25) is 0 Å². The molecule has 2 aromatic rings. The fraction of sp³-hybridized carbons (Fsp3) is 0.167.